The van der Waals surface area contributed by atoms with Crippen molar-refractivity contribution in [1.29, 1.82) is 0 Å². The Morgan fingerprint density at radius 2 is 0.889 bits per heavy atom. The predicted octanol–water partition coefficient (Wildman–Crippen LogP) is 13.1. The lowest BCUT2D eigenvalue weighted by Gasteiger charge is -2.28. The van der Waals surface area contributed by atoms with Gasteiger partial charge in [-0.05, 0) is 19.8 Å². The molecule has 0 aliphatic carbocycles. The second-order valence-corrected chi connectivity index (χ2v) is 14.5. The van der Waals surface area contributed by atoms with E-state index in [-0.39, 0.29) is 12.1 Å². The Morgan fingerprint density at radius 1 is 0.556 bits per heavy atom. The molecule has 1 atom stereocenters. The molecule has 1 heterocycles. The molecule has 1 amide bonds. The molecule has 266 valence electrons. The second-order valence-electron chi connectivity index (χ2n) is 14.5. The largest absolute Gasteiger partial charge is 0.338 e. The van der Waals surface area contributed by atoms with Crippen molar-refractivity contribution in [3.63, 3.8) is 0 Å². The number of nitrogens with zero attached hydrogens (tertiary/aromatic N) is 2. The van der Waals surface area contributed by atoms with Gasteiger partial charge in [-0.2, -0.15) is 0 Å². The minimum Gasteiger partial charge on any atom is -0.338 e. The van der Waals surface area contributed by atoms with Gasteiger partial charge in [0.15, 0.2) is 0 Å². The first-order valence-corrected chi connectivity index (χ1v) is 20.8. The summed E-state index contributed by atoms with van der Waals surface area (Å²) in [6, 6.07) is 0. The van der Waals surface area contributed by atoms with Crippen LogP contribution in [0.3, 0.4) is 0 Å². The van der Waals surface area contributed by atoms with Crippen LogP contribution in [0.4, 0.5) is 0 Å². The summed E-state index contributed by atoms with van der Waals surface area (Å²) >= 11 is 0. The number of carbonyl (C=O) groups is 1. The monoisotopic (exact) mass is 632 g/mol. The number of nitrogens with one attached hydrogen (secondary N) is 1. The fourth-order valence-corrected chi connectivity index (χ4v) is 7.02. The summed E-state index contributed by atoms with van der Waals surface area (Å²) in [5.41, 5.74) is 0. The van der Waals surface area contributed by atoms with E-state index in [1.54, 1.807) is 0 Å². The summed E-state index contributed by atoms with van der Waals surface area (Å²) in [4.78, 5) is 19.7. The highest BCUT2D eigenvalue weighted by molar-refractivity contribution is 5.84. The molecule has 0 saturated carbocycles. The number of rotatable bonds is 35. The van der Waals surface area contributed by atoms with Crippen LogP contribution in [0.5, 0.6) is 0 Å². The number of hydrogen-bond donors (Lipinski definition) is 1. The first kappa shape index (κ1) is 42.0. The van der Waals surface area contributed by atoms with E-state index in [1.165, 1.54) is 198 Å². The van der Waals surface area contributed by atoms with Crippen LogP contribution >= 0.6 is 0 Å². The van der Waals surface area contributed by atoms with Gasteiger partial charge in [-0.25, -0.2) is 0 Å². The number of amidine groups is 1. The summed E-state index contributed by atoms with van der Waals surface area (Å²) < 4.78 is 0. The normalized spacial score (nSPS) is 13.8. The van der Waals surface area contributed by atoms with Crippen LogP contribution in [-0.4, -0.2) is 35.9 Å². The van der Waals surface area contributed by atoms with Crippen LogP contribution in [0, 0.1) is 0 Å². The smallest absolute Gasteiger partial charge is 0.221 e. The number of aliphatic imine (C=N–C) groups is 1. The highest BCUT2D eigenvalue weighted by atomic mass is 16.1. The predicted molar refractivity (Wildman–Crippen MR) is 200 cm³/mol. The van der Waals surface area contributed by atoms with Gasteiger partial charge in [0.05, 0.1) is 12.7 Å². The molecule has 0 bridgehead atoms. The van der Waals surface area contributed by atoms with Gasteiger partial charge in [-0.3, -0.25) is 9.79 Å². The topological polar surface area (TPSA) is 44.7 Å². The van der Waals surface area contributed by atoms with E-state index >= 15 is 0 Å². The van der Waals surface area contributed by atoms with Crippen molar-refractivity contribution in [2.75, 3.05) is 13.1 Å². The first-order valence-electron chi connectivity index (χ1n) is 20.8. The van der Waals surface area contributed by atoms with Crippen molar-refractivity contribution in [1.82, 2.24) is 10.2 Å². The molecule has 4 heteroatoms. The minimum absolute atomic E-state index is 0.0659. The van der Waals surface area contributed by atoms with Gasteiger partial charge in [0.25, 0.3) is 0 Å². The third-order valence-corrected chi connectivity index (χ3v) is 10.1. The molecule has 0 aromatic carbocycles. The van der Waals surface area contributed by atoms with Crippen LogP contribution in [0.25, 0.3) is 0 Å². The van der Waals surface area contributed by atoms with Gasteiger partial charge >= 0.3 is 0 Å². The average molecular weight is 632 g/mol. The highest BCUT2D eigenvalue weighted by Gasteiger charge is 2.22. The van der Waals surface area contributed by atoms with E-state index in [0.717, 1.165) is 25.9 Å². The van der Waals surface area contributed by atoms with Crippen molar-refractivity contribution in [3.05, 3.63) is 0 Å². The second kappa shape index (κ2) is 32.9. The van der Waals surface area contributed by atoms with Crippen molar-refractivity contribution >= 4 is 11.7 Å². The van der Waals surface area contributed by atoms with Gasteiger partial charge in [0, 0.05) is 19.4 Å². The van der Waals surface area contributed by atoms with Crippen molar-refractivity contribution in [2.24, 2.45) is 4.99 Å². The summed E-state index contributed by atoms with van der Waals surface area (Å²) in [5, 5.41) is 3.26. The lowest BCUT2D eigenvalue weighted by molar-refractivity contribution is -0.122. The molecule has 1 unspecified atom stereocenters. The van der Waals surface area contributed by atoms with Gasteiger partial charge in [0.2, 0.25) is 5.91 Å². The van der Waals surface area contributed by atoms with E-state index < -0.39 is 0 Å². The Balaban J connectivity index is 1.91. The molecule has 1 aliphatic rings. The van der Waals surface area contributed by atoms with E-state index in [0.29, 0.717) is 6.42 Å². The maximum Gasteiger partial charge on any atom is 0.221 e. The zero-order valence-corrected chi connectivity index (χ0v) is 31.1. The Hall–Kier alpha value is -1.06. The van der Waals surface area contributed by atoms with E-state index in [2.05, 4.69) is 31.0 Å². The fourth-order valence-electron chi connectivity index (χ4n) is 7.02. The fraction of sp³-hybridized carbons (Fsp3) is 0.951. The van der Waals surface area contributed by atoms with Crippen molar-refractivity contribution < 1.29 is 4.79 Å². The standard InChI is InChI=1S/C41H81N3O/c1-4-6-8-10-12-14-16-18-20-22-23-25-27-29-31-33-35-40-42-37-38-44(40)39(3)43-41(45)36-34-32-30-28-26-24-21-19-17-15-13-11-9-7-5-2/h39H,4-38H2,1-3H3,(H,43,45). The zero-order valence-electron chi connectivity index (χ0n) is 31.1. The number of carbonyl (C=O) groups excluding carboxylic acids is 1. The maximum absolute atomic E-state index is 12.6. The van der Waals surface area contributed by atoms with Gasteiger partial charge < -0.3 is 10.2 Å². The Labute approximate surface area is 283 Å². The van der Waals surface area contributed by atoms with Crippen LogP contribution < -0.4 is 5.32 Å². The molecule has 0 aromatic rings. The molecule has 0 radical (unpaired) electrons. The van der Waals surface area contributed by atoms with Gasteiger partial charge in [0.1, 0.15) is 5.84 Å². The molecule has 0 saturated heterocycles. The quantitative estimate of drug-likeness (QED) is 0.0707. The Morgan fingerprint density at radius 3 is 1.27 bits per heavy atom. The molecular formula is C41H81N3O. The summed E-state index contributed by atoms with van der Waals surface area (Å²) in [6.45, 7) is 8.56. The first-order chi connectivity index (χ1) is 22.2. The SMILES string of the molecule is CCCCCCCCCCCCCCCCCCC1=NCCN1C(C)NC(=O)CCCCCCCCCCCCCCCCC. The van der Waals surface area contributed by atoms with Crippen molar-refractivity contribution in [3.8, 4) is 0 Å². The minimum atomic E-state index is 0.0659. The van der Waals surface area contributed by atoms with E-state index in [9.17, 15) is 4.79 Å². The molecule has 0 aromatic heterocycles. The molecule has 0 fully saturated rings. The lowest BCUT2D eigenvalue weighted by Crippen LogP contribution is -2.47. The molecular weight excluding hydrogens is 550 g/mol. The summed E-state index contributed by atoms with van der Waals surface area (Å²) in [7, 11) is 0. The molecule has 45 heavy (non-hydrogen) atoms. The average Bonchev–Trinajstić information content (AvgIpc) is 3.51. The van der Waals surface area contributed by atoms with Crippen molar-refractivity contribution in [2.45, 2.75) is 239 Å². The molecule has 1 N–H and O–H groups in total. The van der Waals surface area contributed by atoms with Crippen LogP contribution in [0.2, 0.25) is 0 Å². The summed E-state index contributed by atoms with van der Waals surface area (Å²) in [6.07, 6.45) is 44.7. The molecule has 4 nitrogen and oxygen atoms in total. The van der Waals surface area contributed by atoms with Crippen LogP contribution in [-0.2, 0) is 4.79 Å². The number of amides is 1. The summed E-state index contributed by atoms with van der Waals surface area (Å²) in [5.74, 6) is 1.44. The van der Waals surface area contributed by atoms with Crippen LogP contribution in [0.1, 0.15) is 233 Å². The third-order valence-electron chi connectivity index (χ3n) is 10.1. The van der Waals surface area contributed by atoms with Gasteiger partial charge in [-0.1, -0.05) is 200 Å². The maximum atomic E-state index is 12.6. The van der Waals surface area contributed by atoms with Gasteiger partial charge in [-0.15, -0.1) is 0 Å². The molecule has 0 spiro atoms. The third kappa shape index (κ3) is 26.7. The highest BCUT2D eigenvalue weighted by Crippen LogP contribution is 2.17. The van der Waals surface area contributed by atoms with E-state index in [4.69, 9.17) is 4.99 Å². The number of hydrogen-bond acceptors (Lipinski definition) is 3. The Bertz CT molecular complexity index is 663. The number of unbranched alkanes of at least 4 members (excludes halogenated alkanes) is 29. The molecule has 1 aliphatic heterocycles. The van der Waals surface area contributed by atoms with E-state index in [1.807, 2.05) is 0 Å². The lowest BCUT2D eigenvalue weighted by atomic mass is 10.0. The Kier molecular flexibility index (Phi) is 30.6. The zero-order chi connectivity index (χ0) is 32.5. The van der Waals surface area contributed by atoms with Crippen LogP contribution in [0.15, 0.2) is 4.99 Å². The molecule has 1 rings (SSSR count).